The quantitative estimate of drug-likeness (QED) is 0.0277. The standard InChI is InChI=1S/C32H49N9O7S2/c1-4-5-9-20(27(34)43)39-29(45)22(10-6-7-14-33)40-28(44)21(11-8-15-37-31(35)36)38-26(42)18-41-30(46)25(50-32(41)49)17-19-12-13-23(47-2)24(16-19)48-3/h12-13,16-17,20-22H,4-11,14-15,18,33H2,1-3H3,(H2,34,43)(H,38,42)(H,39,45)(H,40,44)(H4,35,36,37)/b25-17-/t20-,21-,22-/m0/s1. The molecule has 1 aromatic rings. The van der Waals surface area contributed by atoms with E-state index in [0.717, 1.165) is 23.1 Å². The summed E-state index contributed by atoms with van der Waals surface area (Å²) in [5.41, 5.74) is 22.7. The van der Waals surface area contributed by atoms with Gasteiger partial charge in [-0.05, 0) is 68.8 Å². The lowest BCUT2D eigenvalue weighted by molar-refractivity contribution is -0.134. The second-order valence-electron chi connectivity index (χ2n) is 11.4. The molecule has 3 atom stereocenters. The number of ether oxygens (including phenoxy) is 2. The molecule has 5 amide bonds. The Morgan fingerprint density at radius 3 is 2.14 bits per heavy atom. The maximum absolute atomic E-state index is 13.6. The summed E-state index contributed by atoms with van der Waals surface area (Å²) in [7, 11) is 3.01. The zero-order valence-corrected chi connectivity index (χ0v) is 30.3. The van der Waals surface area contributed by atoms with E-state index >= 15 is 0 Å². The van der Waals surface area contributed by atoms with Crippen molar-refractivity contribution < 1.29 is 33.4 Å². The number of nitrogens with one attached hydrogen (secondary N) is 3. The molecule has 0 bridgehead atoms. The van der Waals surface area contributed by atoms with Crippen LogP contribution in [-0.4, -0.2) is 96.7 Å². The predicted molar refractivity (Wildman–Crippen MR) is 197 cm³/mol. The minimum atomic E-state index is -1.13. The van der Waals surface area contributed by atoms with Crippen LogP contribution in [0.3, 0.4) is 0 Å². The number of thioether (sulfide) groups is 1. The summed E-state index contributed by atoms with van der Waals surface area (Å²) in [5.74, 6) is -2.19. The normalized spacial score (nSPS) is 15.2. The lowest BCUT2D eigenvalue weighted by Crippen LogP contribution is -2.57. The molecule has 0 spiro atoms. The number of benzene rings is 1. The van der Waals surface area contributed by atoms with Crippen molar-refractivity contribution in [3.05, 3.63) is 28.7 Å². The Hall–Kier alpha value is -4.42. The summed E-state index contributed by atoms with van der Waals surface area (Å²) < 4.78 is 10.8. The van der Waals surface area contributed by atoms with Crippen LogP contribution in [0, 0.1) is 0 Å². The molecular formula is C32H49N9O7S2. The van der Waals surface area contributed by atoms with Crippen LogP contribution in [0.1, 0.15) is 63.9 Å². The molecule has 276 valence electrons. The third kappa shape index (κ3) is 13.5. The van der Waals surface area contributed by atoms with Crippen molar-refractivity contribution in [3.8, 4) is 11.5 Å². The second-order valence-corrected chi connectivity index (χ2v) is 13.1. The number of carbonyl (C=O) groups excluding carboxylic acids is 5. The second kappa shape index (κ2) is 21.6. The number of unbranched alkanes of at least 4 members (excludes halogenated alkanes) is 2. The number of primary amides is 1. The summed E-state index contributed by atoms with van der Waals surface area (Å²) in [6, 6.07) is 2.07. The molecule has 1 heterocycles. The maximum atomic E-state index is 13.6. The van der Waals surface area contributed by atoms with E-state index in [2.05, 4.69) is 20.9 Å². The zero-order chi connectivity index (χ0) is 37.2. The molecule has 16 nitrogen and oxygen atoms in total. The van der Waals surface area contributed by atoms with E-state index in [-0.39, 0.29) is 29.7 Å². The Bertz CT molecular complexity index is 1440. The molecule has 1 aromatic carbocycles. The Balaban J connectivity index is 2.22. The smallest absolute Gasteiger partial charge is 0.266 e. The summed E-state index contributed by atoms with van der Waals surface area (Å²) >= 11 is 6.44. The van der Waals surface area contributed by atoms with Crippen molar-refractivity contribution in [3.63, 3.8) is 0 Å². The molecule has 1 fully saturated rings. The van der Waals surface area contributed by atoms with Crippen molar-refractivity contribution in [2.24, 2.45) is 27.9 Å². The summed E-state index contributed by atoms with van der Waals surface area (Å²) in [4.78, 5) is 70.8. The Kier molecular flexibility index (Phi) is 18.1. The molecule has 1 aliphatic rings. The predicted octanol–water partition coefficient (Wildman–Crippen LogP) is 0.218. The lowest BCUT2D eigenvalue weighted by Gasteiger charge is -2.25. The van der Waals surface area contributed by atoms with Gasteiger partial charge in [-0.3, -0.25) is 33.9 Å². The van der Waals surface area contributed by atoms with Crippen LogP contribution in [0.5, 0.6) is 11.5 Å². The zero-order valence-electron chi connectivity index (χ0n) is 28.7. The highest BCUT2D eigenvalue weighted by Gasteiger charge is 2.35. The molecule has 0 aromatic heterocycles. The monoisotopic (exact) mass is 735 g/mol. The average molecular weight is 736 g/mol. The fourth-order valence-electron chi connectivity index (χ4n) is 4.89. The average Bonchev–Trinajstić information content (AvgIpc) is 3.33. The Morgan fingerprint density at radius 1 is 0.920 bits per heavy atom. The van der Waals surface area contributed by atoms with Crippen LogP contribution in [0.4, 0.5) is 0 Å². The van der Waals surface area contributed by atoms with Gasteiger partial charge in [-0.25, -0.2) is 0 Å². The number of nitrogens with two attached hydrogens (primary N) is 4. The highest BCUT2D eigenvalue weighted by molar-refractivity contribution is 8.26. The third-order valence-corrected chi connectivity index (χ3v) is 8.94. The first-order valence-corrected chi connectivity index (χ1v) is 17.5. The van der Waals surface area contributed by atoms with E-state index < -0.39 is 54.2 Å². The topological polar surface area (TPSA) is 260 Å². The SMILES string of the molecule is CCCC[C@H](NC(=O)[C@H](CCCCN)NC(=O)[C@H](CCCN=C(N)N)NC(=O)CN1C(=O)/C(=C/c2ccc(OC)c(OC)c2)SC1=S)C(N)=O. The fourth-order valence-corrected chi connectivity index (χ4v) is 6.14. The summed E-state index contributed by atoms with van der Waals surface area (Å²) in [6.45, 7) is 2.05. The van der Waals surface area contributed by atoms with Crippen molar-refractivity contribution in [2.45, 2.75) is 76.4 Å². The highest BCUT2D eigenvalue weighted by Crippen LogP contribution is 2.34. The van der Waals surface area contributed by atoms with Gasteiger partial charge >= 0.3 is 0 Å². The van der Waals surface area contributed by atoms with Gasteiger partial charge in [0.25, 0.3) is 5.91 Å². The molecule has 50 heavy (non-hydrogen) atoms. The van der Waals surface area contributed by atoms with Gasteiger partial charge in [-0.1, -0.05) is 49.8 Å². The van der Waals surface area contributed by atoms with E-state index in [0.29, 0.717) is 60.6 Å². The summed E-state index contributed by atoms with van der Waals surface area (Å²) in [6.07, 6.45) is 5.17. The highest BCUT2D eigenvalue weighted by atomic mass is 32.2. The largest absolute Gasteiger partial charge is 0.493 e. The van der Waals surface area contributed by atoms with Crippen LogP contribution >= 0.6 is 24.0 Å². The molecule has 18 heteroatoms. The Morgan fingerprint density at radius 2 is 1.54 bits per heavy atom. The molecule has 2 rings (SSSR count). The number of amides is 5. The van der Waals surface area contributed by atoms with Gasteiger partial charge in [0.15, 0.2) is 17.5 Å². The molecule has 0 unspecified atom stereocenters. The van der Waals surface area contributed by atoms with E-state index in [4.69, 9.17) is 44.6 Å². The lowest BCUT2D eigenvalue weighted by atomic mass is 10.0. The van der Waals surface area contributed by atoms with Gasteiger partial charge in [0.05, 0.1) is 19.1 Å². The van der Waals surface area contributed by atoms with E-state index in [1.165, 1.54) is 14.2 Å². The number of hydrogen-bond donors (Lipinski definition) is 7. The molecule has 0 radical (unpaired) electrons. The number of thiocarbonyl (C=S) groups is 1. The summed E-state index contributed by atoms with van der Waals surface area (Å²) in [5, 5.41) is 8.02. The third-order valence-electron chi connectivity index (χ3n) is 7.56. The van der Waals surface area contributed by atoms with Crippen LogP contribution in [0.25, 0.3) is 6.08 Å². The fraction of sp³-hybridized carbons (Fsp3) is 0.531. The first kappa shape index (κ1) is 41.7. The number of aliphatic imine (C=N–C) groups is 1. The van der Waals surface area contributed by atoms with Gasteiger partial charge < -0.3 is 48.4 Å². The molecule has 0 aliphatic carbocycles. The number of rotatable bonds is 22. The molecule has 1 saturated heterocycles. The number of guanidine groups is 1. The molecular weight excluding hydrogens is 687 g/mol. The van der Waals surface area contributed by atoms with Crippen molar-refractivity contribution in [1.29, 1.82) is 0 Å². The first-order valence-electron chi connectivity index (χ1n) is 16.3. The number of hydrogen-bond acceptors (Lipinski definition) is 11. The van der Waals surface area contributed by atoms with Gasteiger partial charge in [0.2, 0.25) is 23.6 Å². The van der Waals surface area contributed by atoms with Crippen LogP contribution in [0.15, 0.2) is 28.1 Å². The maximum Gasteiger partial charge on any atom is 0.266 e. The Labute approximate surface area is 301 Å². The van der Waals surface area contributed by atoms with Crippen LogP contribution in [-0.2, 0) is 24.0 Å². The molecule has 11 N–H and O–H groups in total. The van der Waals surface area contributed by atoms with Crippen LogP contribution < -0.4 is 48.4 Å². The number of carbonyl (C=O) groups is 5. The van der Waals surface area contributed by atoms with Gasteiger partial charge in [0, 0.05) is 6.54 Å². The minimum Gasteiger partial charge on any atom is -0.493 e. The van der Waals surface area contributed by atoms with Gasteiger partial charge in [-0.2, -0.15) is 0 Å². The van der Waals surface area contributed by atoms with E-state index in [1.54, 1.807) is 24.3 Å². The van der Waals surface area contributed by atoms with Gasteiger partial charge in [0.1, 0.15) is 29.0 Å². The van der Waals surface area contributed by atoms with Crippen LogP contribution in [0.2, 0.25) is 0 Å². The number of methoxy groups -OCH3 is 2. The van der Waals surface area contributed by atoms with Crippen molar-refractivity contribution in [1.82, 2.24) is 20.9 Å². The van der Waals surface area contributed by atoms with E-state index in [9.17, 15) is 24.0 Å². The molecule has 0 saturated carbocycles. The van der Waals surface area contributed by atoms with Crippen molar-refractivity contribution >= 4 is 69.9 Å². The minimum absolute atomic E-state index is 0.101. The van der Waals surface area contributed by atoms with Crippen molar-refractivity contribution in [2.75, 3.05) is 33.9 Å². The first-order chi connectivity index (χ1) is 23.8. The van der Waals surface area contributed by atoms with Gasteiger partial charge in [-0.15, -0.1) is 0 Å². The number of nitrogens with zero attached hydrogens (tertiary/aromatic N) is 2. The molecule has 1 aliphatic heterocycles. The van der Waals surface area contributed by atoms with E-state index in [1.807, 2.05) is 6.92 Å².